The summed E-state index contributed by atoms with van der Waals surface area (Å²) in [7, 11) is 0. The van der Waals surface area contributed by atoms with Crippen LogP contribution in [0.1, 0.15) is 45.8 Å². The molecule has 2 atom stereocenters. The second-order valence-corrected chi connectivity index (χ2v) is 7.73. The number of benzene rings is 2. The van der Waals surface area contributed by atoms with Crippen LogP contribution in [0.3, 0.4) is 0 Å². The van der Waals surface area contributed by atoms with E-state index in [9.17, 15) is 26.3 Å². The zero-order valence-electron chi connectivity index (χ0n) is 16.8. The number of hydrogen-bond donors (Lipinski definition) is 0. The van der Waals surface area contributed by atoms with Gasteiger partial charge in [0.2, 0.25) is 0 Å². The Bertz CT molecular complexity index is 1050. The minimum Gasteiger partial charge on any atom is -0.373 e. The van der Waals surface area contributed by atoms with E-state index in [0.29, 0.717) is 25.0 Å². The van der Waals surface area contributed by atoms with Gasteiger partial charge in [0, 0.05) is 17.8 Å². The van der Waals surface area contributed by atoms with Gasteiger partial charge in [-0.3, -0.25) is 4.98 Å². The molecule has 1 aliphatic carbocycles. The number of aromatic nitrogens is 1. The van der Waals surface area contributed by atoms with Gasteiger partial charge in [0.25, 0.3) is 0 Å². The van der Waals surface area contributed by atoms with Crippen molar-refractivity contribution in [2.75, 3.05) is 0 Å². The number of halogens is 6. The van der Waals surface area contributed by atoms with Crippen LogP contribution in [-0.4, -0.2) is 11.1 Å². The van der Waals surface area contributed by atoms with Gasteiger partial charge < -0.3 is 4.74 Å². The molecule has 2 aromatic carbocycles. The van der Waals surface area contributed by atoms with Crippen molar-refractivity contribution < 1.29 is 31.1 Å². The topological polar surface area (TPSA) is 22.1 Å². The molecule has 0 aliphatic heterocycles. The first-order valence-electron chi connectivity index (χ1n) is 10.0. The van der Waals surface area contributed by atoms with E-state index < -0.39 is 29.6 Å². The van der Waals surface area contributed by atoms with Crippen molar-refractivity contribution in [2.45, 2.75) is 43.8 Å². The second-order valence-electron chi connectivity index (χ2n) is 7.73. The molecule has 0 amide bonds. The number of nitrogens with zero attached hydrogens (tertiary/aromatic N) is 1. The number of alkyl halides is 6. The lowest BCUT2D eigenvalue weighted by Gasteiger charge is -2.33. The predicted molar refractivity (Wildman–Crippen MR) is 106 cm³/mol. The molecule has 3 aromatic rings. The average molecular weight is 451 g/mol. The Morgan fingerprint density at radius 1 is 0.844 bits per heavy atom. The van der Waals surface area contributed by atoms with Gasteiger partial charge in [-0.15, -0.1) is 0 Å². The van der Waals surface area contributed by atoms with Gasteiger partial charge in [0.15, 0.2) is 0 Å². The number of ether oxygens (including phenoxy) is 1. The summed E-state index contributed by atoms with van der Waals surface area (Å²) < 4.78 is 85.0. The summed E-state index contributed by atoms with van der Waals surface area (Å²) >= 11 is 0. The summed E-state index contributed by atoms with van der Waals surface area (Å²) in [6.07, 6.45) is -7.34. The molecule has 0 saturated heterocycles. The maximum absolute atomic E-state index is 13.2. The Labute approximate surface area is 180 Å². The molecule has 0 fully saturated rings. The molecule has 4 rings (SSSR count). The van der Waals surface area contributed by atoms with E-state index in [-0.39, 0.29) is 24.2 Å². The molecule has 168 valence electrons. The lowest BCUT2D eigenvalue weighted by molar-refractivity contribution is -0.143. The van der Waals surface area contributed by atoms with Crippen molar-refractivity contribution in [3.63, 3.8) is 0 Å². The molecule has 0 spiro atoms. The summed E-state index contributed by atoms with van der Waals surface area (Å²) in [5.41, 5.74) is -0.0375. The zero-order valence-corrected chi connectivity index (χ0v) is 16.8. The highest BCUT2D eigenvalue weighted by Crippen LogP contribution is 2.39. The fourth-order valence-electron chi connectivity index (χ4n) is 4.13. The first-order valence-corrected chi connectivity index (χ1v) is 10.0. The van der Waals surface area contributed by atoms with E-state index >= 15 is 0 Å². The predicted octanol–water partition coefficient (Wildman–Crippen LogP) is 6.78. The maximum Gasteiger partial charge on any atom is 0.416 e. The number of hydrogen-bond acceptors (Lipinski definition) is 2. The highest BCUT2D eigenvalue weighted by Gasteiger charge is 2.37. The largest absolute Gasteiger partial charge is 0.416 e. The molecular formula is C24H19F6NO. The van der Waals surface area contributed by atoms with E-state index in [4.69, 9.17) is 4.74 Å². The number of rotatable bonds is 4. The minimum atomic E-state index is -4.89. The smallest absolute Gasteiger partial charge is 0.373 e. The Kier molecular flexibility index (Phi) is 5.99. The van der Waals surface area contributed by atoms with Gasteiger partial charge in [0.05, 0.1) is 23.8 Å². The summed E-state index contributed by atoms with van der Waals surface area (Å²) in [6.45, 7) is -0.364. The standard InChI is InChI=1S/C24H19F6NO/c25-23(26,27)17-11-15(12-18(13-17)24(28,29)30)14-32-21-9-8-20-19(7-4-10-31-20)22(21)16-5-2-1-3-6-16/h1-7,10-13,21-22H,8-9,14H2/t21-,22-/m0/s1. The van der Waals surface area contributed by atoms with Gasteiger partial charge in [0.1, 0.15) is 0 Å². The van der Waals surface area contributed by atoms with Gasteiger partial charge in [-0.05, 0) is 53.8 Å². The van der Waals surface area contributed by atoms with E-state index in [0.717, 1.165) is 16.8 Å². The van der Waals surface area contributed by atoms with Crippen LogP contribution in [0, 0.1) is 0 Å². The molecule has 0 N–H and O–H groups in total. The highest BCUT2D eigenvalue weighted by atomic mass is 19.4. The highest BCUT2D eigenvalue weighted by molar-refractivity contribution is 5.39. The molecule has 32 heavy (non-hydrogen) atoms. The fourth-order valence-corrected chi connectivity index (χ4v) is 4.13. The zero-order chi connectivity index (χ0) is 22.9. The summed E-state index contributed by atoms with van der Waals surface area (Å²) in [6, 6.07) is 14.8. The lowest BCUT2D eigenvalue weighted by Crippen LogP contribution is -2.29. The summed E-state index contributed by atoms with van der Waals surface area (Å²) in [5, 5.41) is 0. The van der Waals surface area contributed by atoms with E-state index in [2.05, 4.69) is 4.98 Å². The molecule has 0 radical (unpaired) electrons. The van der Waals surface area contributed by atoms with Crippen molar-refractivity contribution in [3.05, 3.63) is 100 Å². The van der Waals surface area contributed by atoms with Crippen molar-refractivity contribution in [1.82, 2.24) is 4.98 Å². The molecule has 1 aromatic heterocycles. The van der Waals surface area contributed by atoms with E-state index in [1.807, 2.05) is 36.4 Å². The van der Waals surface area contributed by atoms with Crippen LogP contribution in [0.25, 0.3) is 0 Å². The first kappa shape index (κ1) is 22.3. The molecule has 8 heteroatoms. The van der Waals surface area contributed by atoms with Gasteiger partial charge >= 0.3 is 12.4 Å². The molecule has 0 unspecified atom stereocenters. The lowest BCUT2D eigenvalue weighted by atomic mass is 9.79. The van der Waals surface area contributed by atoms with Crippen LogP contribution in [-0.2, 0) is 30.1 Å². The van der Waals surface area contributed by atoms with E-state index in [1.54, 1.807) is 12.3 Å². The van der Waals surface area contributed by atoms with Crippen molar-refractivity contribution in [2.24, 2.45) is 0 Å². The molecule has 1 aliphatic rings. The number of fused-ring (bicyclic) bond motifs is 1. The van der Waals surface area contributed by atoms with Gasteiger partial charge in [-0.1, -0.05) is 36.4 Å². The van der Waals surface area contributed by atoms with Crippen LogP contribution in [0.5, 0.6) is 0 Å². The maximum atomic E-state index is 13.2. The van der Waals surface area contributed by atoms with Crippen molar-refractivity contribution >= 4 is 0 Å². The molecule has 0 saturated carbocycles. The second kappa shape index (κ2) is 8.58. The molecule has 0 bridgehead atoms. The third kappa shape index (κ3) is 4.80. The minimum absolute atomic E-state index is 0.124. The monoisotopic (exact) mass is 451 g/mol. The summed E-state index contributed by atoms with van der Waals surface area (Å²) in [5.74, 6) is -0.221. The third-order valence-electron chi connectivity index (χ3n) is 5.57. The van der Waals surface area contributed by atoms with Crippen LogP contribution < -0.4 is 0 Å². The fraction of sp³-hybridized carbons (Fsp3) is 0.292. The summed E-state index contributed by atoms with van der Waals surface area (Å²) in [4.78, 5) is 4.42. The normalized spacial score (nSPS) is 18.9. The number of pyridine rings is 1. The SMILES string of the molecule is FC(F)(F)c1cc(CO[C@H]2CCc3ncccc3[C@@H]2c2ccccc2)cc(C(F)(F)F)c1. The van der Waals surface area contributed by atoms with Crippen LogP contribution in [0.2, 0.25) is 0 Å². The van der Waals surface area contributed by atoms with Crippen molar-refractivity contribution in [3.8, 4) is 0 Å². The molecule has 2 nitrogen and oxygen atoms in total. The van der Waals surface area contributed by atoms with Gasteiger partial charge in [-0.25, -0.2) is 0 Å². The quantitative estimate of drug-likeness (QED) is 0.408. The Balaban J connectivity index is 1.64. The number of aryl methyl sites for hydroxylation is 1. The first-order chi connectivity index (χ1) is 15.1. The van der Waals surface area contributed by atoms with Crippen molar-refractivity contribution in [1.29, 1.82) is 0 Å². The third-order valence-corrected chi connectivity index (χ3v) is 5.57. The Morgan fingerprint density at radius 2 is 1.50 bits per heavy atom. The van der Waals surface area contributed by atoms with Crippen LogP contribution >= 0.6 is 0 Å². The average Bonchev–Trinajstić information content (AvgIpc) is 2.76. The van der Waals surface area contributed by atoms with Gasteiger partial charge in [-0.2, -0.15) is 26.3 Å². The Hall–Kier alpha value is -2.87. The van der Waals surface area contributed by atoms with Crippen LogP contribution in [0.15, 0.2) is 66.9 Å². The Morgan fingerprint density at radius 3 is 2.12 bits per heavy atom. The van der Waals surface area contributed by atoms with Crippen LogP contribution in [0.4, 0.5) is 26.3 Å². The van der Waals surface area contributed by atoms with E-state index in [1.165, 1.54) is 0 Å². The molecular weight excluding hydrogens is 432 g/mol. The molecule has 1 heterocycles.